The van der Waals surface area contributed by atoms with Crippen LogP contribution in [0.3, 0.4) is 0 Å². The number of carbonyl (C=O) groups excluding carboxylic acids is 1. The number of pyridine rings is 1. The van der Waals surface area contributed by atoms with Gasteiger partial charge < -0.3 is 15.4 Å². The highest BCUT2D eigenvalue weighted by molar-refractivity contribution is 6.32. The molecule has 0 saturated heterocycles. The van der Waals surface area contributed by atoms with Gasteiger partial charge in [-0.25, -0.2) is 0 Å². The Hall–Kier alpha value is -1.53. The largest absolute Gasteiger partial charge is 0.486 e. The maximum Gasteiger partial charge on any atom is 0.225 e. The molecular weight excluding hydrogens is 373 g/mol. The zero-order valence-electron chi connectivity index (χ0n) is 13.1. The molecule has 1 amide bonds. The van der Waals surface area contributed by atoms with Crippen molar-refractivity contribution in [2.45, 2.75) is 13.0 Å². The number of aromatic nitrogens is 1. The highest BCUT2D eigenvalue weighted by Gasteiger charge is 2.06. The standard InChI is InChI=1S/C16H18ClN3O2.2ClH/c1-18-9-7-16(21)20-12-5-6-15(14(17)10-12)22-11-13-4-2-3-8-19-13;;/h2-6,8,10,18H,7,9,11H2,1H3,(H,20,21);2*1H. The van der Waals surface area contributed by atoms with Crippen LogP contribution in [0.25, 0.3) is 0 Å². The van der Waals surface area contributed by atoms with Gasteiger partial charge in [-0.2, -0.15) is 0 Å². The van der Waals surface area contributed by atoms with Crippen LogP contribution < -0.4 is 15.4 Å². The summed E-state index contributed by atoms with van der Waals surface area (Å²) in [6.45, 7) is 0.971. The number of anilines is 1. The molecule has 0 unspecified atom stereocenters. The van der Waals surface area contributed by atoms with Gasteiger partial charge in [0.05, 0.1) is 10.7 Å². The molecule has 0 aliphatic carbocycles. The second-order valence-electron chi connectivity index (χ2n) is 4.66. The van der Waals surface area contributed by atoms with Crippen LogP contribution in [0, 0.1) is 0 Å². The van der Waals surface area contributed by atoms with E-state index in [1.165, 1.54) is 0 Å². The number of hydrogen-bond donors (Lipinski definition) is 2. The molecule has 2 N–H and O–H groups in total. The minimum atomic E-state index is -0.0624. The molecule has 5 nitrogen and oxygen atoms in total. The topological polar surface area (TPSA) is 63.2 Å². The third-order valence-electron chi connectivity index (χ3n) is 2.92. The maximum atomic E-state index is 11.6. The smallest absolute Gasteiger partial charge is 0.225 e. The molecule has 1 heterocycles. The average Bonchev–Trinajstić information content (AvgIpc) is 2.53. The lowest BCUT2D eigenvalue weighted by molar-refractivity contribution is -0.116. The van der Waals surface area contributed by atoms with Crippen molar-refractivity contribution < 1.29 is 9.53 Å². The fourth-order valence-corrected chi connectivity index (χ4v) is 2.03. The predicted octanol–water partition coefficient (Wildman–Crippen LogP) is 3.71. The number of ether oxygens (including phenoxy) is 1. The average molecular weight is 393 g/mol. The molecule has 1 aromatic carbocycles. The fraction of sp³-hybridized carbons (Fsp3) is 0.250. The Labute approximate surface area is 159 Å². The van der Waals surface area contributed by atoms with E-state index in [0.29, 0.717) is 36.0 Å². The molecular formula is C16H20Cl3N3O2. The zero-order valence-corrected chi connectivity index (χ0v) is 15.5. The second kappa shape index (κ2) is 11.9. The van der Waals surface area contributed by atoms with Crippen molar-refractivity contribution in [3.63, 3.8) is 0 Å². The Morgan fingerprint density at radius 1 is 1.25 bits per heavy atom. The van der Waals surface area contributed by atoms with Gasteiger partial charge in [0.1, 0.15) is 12.4 Å². The van der Waals surface area contributed by atoms with Gasteiger partial charge in [0.25, 0.3) is 0 Å². The van der Waals surface area contributed by atoms with Gasteiger partial charge in [-0.15, -0.1) is 24.8 Å². The number of carbonyl (C=O) groups is 1. The number of nitrogens with one attached hydrogen (secondary N) is 2. The third-order valence-corrected chi connectivity index (χ3v) is 3.21. The highest BCUT2D eigenvalue weighted by Crippen LogP contribution is 2.28. The minimum absolute atomic E-state index is 0. The van der Waals surface area contributed by atoms with Crippen molar-refractivity contribution in [2.75, 3.05) is 18.9 Å². The summed E-state index contributed by atoms with van der Waals surface area (Å²) in [5, 5.41) is 6.16. The van der Waals surface area contributed by atoms with E-state index in [-0.39, 0.29) is 30.7 Å². The van der Waals surface area contributed by atoms with E-state index >= 15 is 0 Å². The zero-order chi connectivity index (χ0) is 15.8. The van der Waals surface area contributed by atoms with Gasteiger partial charge in [0.2, 0.25) is 5.91 Å². The van der Waals surface area contributed by atoms with E-state index < -0.39 is 0 Å². The summed E-state index contributed by atoms with van der Waals surface area (Å²) in [5.74, 6) is 0.494. The van der Waals surface area contributed by atoms with Gasteiger partial charge in [0.15, 0.2) is 0 Å². The summed E-state index contributed by atoms with van der Waals surface area (Å²) < 4.78 is 5.63. The first-order valence-corrected chi connectivity index (χ1v) is 7.33. The van der Waals surface area contributed by atoms with Gasteiger partial charge in [-0.05, 0) is 37.4 Å². The SMILES string of the molecule is CNCCC(=O)Nc1ccc(OCc2ccccn2)c(Cl)c1.Cl.Cl. The Morgan fingerprint density at radius 2 is 2.04 bits per heavy atom. The Kier molecular flexibility index (Phi) is 11.2. The molecule has 8 heteroatoms. The van der Waals surface area contributed by atoms with Crippen LogP contribution >= 0.6 is 36.4 Å². The van der Waals surface area contributed by atoms with E-state index in [1.54, 1.807) is 31.4 Å². The normalized spacial score (nSPS) is 9.42. The van der Waals surface area contributed by atoms with Gasteiger partial charge >= 0.3 is 0 Å². The number of halogens is 3. The van der Waals surface area contributed by atoms with E-state index in [9.17, 15) is 4.79 Å². The van der Waals surface area contributed by atoms with E-state index in [1.807, 2.05) is 18.2 Å². The first-order chi connectivity index (χ1) is 10.7. The molecule has 0 aliphatic heterocycles. The van der Waals surface area contributed by atoms with Crippen LogP contribution in [0.5, 0.6) is 5.75 Å². The van der Waals surface area contributed by atoms with Crippen molar-refractivity contribution in [3.8, 4) is 5.75 Å². The first kappa shape index (κ1) is 22.5. The molecule has 0 fully saturated rings. The van der Waals surface area contributed by atoms with Crippen molar-refractivity contribution in [1.29, 1.82) is 0 Å². The van der Waals surface area contributed by atoms with Crippen LogP contribution in [-0.2, 0) is 11.4 Å². The summed E-state index contributed by atoms with van der Waals surface area (Å²) in [7, 11) is 1.80. The summed E-state index contributed by atoms with van der Waals surface area (Å²) in [6.07, 6.45) is 2.12. The molecule has 2 aromatic rings. The molecule has 0 atom stereocenters. The lowest BCUT2D eigenvalue weighted by atomic mass is 10.3. The van der Waals surface area contributed by atoms with Crippen LogP contribution in [0.15, 0.2) is 42.6 Å². The Morgan fingerprint density at radius 3 is 2.67 bits per heavy atom. The van der Waals surface area contributed by atoms with E-state index in [0.717, 1.165) is 5.69 Å². The second-order valence-corrected chi connectivity index (χ2v) is 5.06. The maximum absolute atomic E-state index is 11.6. The molecule has 0 aliphatic rings. The predicted molar refractivity (Wildman–Crippen MR) is 102 cm³/mol. The number of benzene rings is 1. The Balaban J connectivity index is 0.00000264. The van der Waals surface area contributed by atoms with Gasteiger partial charge in [0, 0.05) is 24.8 Å². The number of amides is 1. The molecule has 0 radical (unpaired) electrons. The number of nitrogens with zero attached hydrogens (tertiary/aromatic N) is 1. The highest BCUT2D eigenvalue weighted by atomic mass is 35.5. The van der Waals surface area contributed by atoms with E-state index in [2.05, 4.69) is 15.6 Å². The lowest BCUT2D eigenvalue weighted by Crippen LogP contribution is -2.18. The van der Waals surface area contributed by atoms with Crippen LogP contribution in [0.4, 0.5) is 5.69 Å². The molecule has 132 valence electrons. The third kappa shape index (κ3) is 7.36. The van der Waals surface area contributed by atoms with Crippen LogP contribution in [0.2, 0.25) is 5.02 Å². The van der Waals surface area contributed by atoms with Crippen molar-refractivity contribution in [3.05, 3.63) is 53.3 Å². The summed E-state index contributed by atoms with van der Waals surface area (Å²) in [6, 6.07) is 10.8. The fourth-order valence-electron chi connectivity index (χ4n) is 1.79. The first-order valence-electron chi connectivity index (χ1n) is 6.96. The van der Waals surface area contributed by atoms with Gasteiger partial charge in [-0.1, -0.05) is 17.7 Å². The van der Waals surface area contributed by atoms with Crippen LogP contribution in [-0.4, -0.2) is 24.5 Å². The summed E-state index contributed by atoms with van der Waals surface area (Å²) in [5.41, 5.74) is 1.47. The van der Waals surface area contributed by atoms with Crippen LogP contribution in [0.1, 0.15) is 12.1 Å². The lowest BCUT2D eigenvalue weighted by Gasteiger charge is -2.10. The molecule has 24 heavy (non-hydrogen) atoms. The Bertz CT molecular complexity index is 627. The van der Waals surface area contributed by atoms with E-state index in [4.69, 9.17) is 16.3 Å². The van der Waals surface area contributed by atoms with Crippen molar-refractivity contribution in [1.82, 2.24) is 10.3 Å². The molecule has 0 spiro atoms. The summed E-state index contributed by atoms with van der Waals surface area (Å²) in [4.78, 5) is 15.8. The number of rotatable bonds is 7. The number of hydrogen-bond acceptors (Lipinski definition) is 4. The van der Waals surface area contributed by atoms with Crippen molar-refractivity contribution >= 4 is 48.0 Å². The molecule has 2 rings (SSSR count). The molecule has 0 saturated carbocycles. The van der Waals surface area contributed by atoms with Gasteiger partial charge in [-0.3, -0.25) is 9.78 Å². The minimum Gasteiger partial charge on any atom is -0.486 e. The van der Waals surface area contributed by atoms with Crippen molar-refractivity contribution in [2.24, 2.45) is 0 Å². The summed E-state index contributed by atoms with van der Waals surface area (Å²) >= 11 is 6.17. The quantitative estimate of drug-likeness (QED) is 0.754. The molecule has 1 aromatic heterocycles. The monoisotopic (exact) mass is 391 g/mol. The molecule has 0 bridgehead atoms.